The monoisotopic (exact) mass is 178 g/mol. The topological polar surface area (TPSA) is 17.8 Å². The molecule has 0 N–H and O–H groups in total. The molecule has 0 amide bonds. The summed E-state index contributed by atoms with van der Waals surface area (Å²) >= 11 is 4.19. The lowest BCUT2D eigenvalue weighted by atomic mass is 10.1. The molecule has 0 atom stereocenters. The molecule has 0 unspecified atom stereocenters. The quantitative estimate of drug-likeness (QED) is 0.613. The number of hydrogen-bond acceptors (Lipinski definition) is 2. The van der Waals surface area contributed by atoms with E-state index in [0.717, 1.165) is 5.52 Å². The van der Waals surface area contributed by atoms with E-state index < -0.39 is 0 Å². The summed E-state index contributed by atoms with van der Waals surface area (Å²) in [6.07, 6.45) is 1.85. The second-order valence-electron chi connectivity index (χ2n) is 2.97. The van der Waals surface area contributed by atoms with Crippen LogP contribution in [0, 0.1) is 13.8 Å². The number of benzene rings is 1. The summed E-state index contributed by atoms with van der Waals surface area (Å²) in [7, 11) is 0. The van der Waals surface area contributed by atoms with Gasteiger partial charge in [-0.3, -0.25) is 0 Å². The molecule has 0 saturated heterocycles. The van der Waals surface area contributed by atoms with Gasteiger partial charge in [-0.05, 0) is 43.9 Å². The van der Waals surface area contributed by atoms with E-state index in [1.165, 1.54) is 16.5 Å². The van der Waals surface area contributed by atoms with Crippen LogP contribution in [0.4, 0.5) is 0 Å². The van der Waals surface area contributed by atoms with Gasteiger partial charge in [-0.15, -0.1) is 0 Å². The van der Waals surface area contributed by atoms with Gasteiger partial charge in [0.1, 0.15) is 0 Å². The maximum Gasteiger partial charge on any atom is 0.0811 e. The van der Waals surface area contributed by atoms with Gasteiger partial charge in [0.25, 0.3) is 0 Å². The van der Waals surface area contributed by atoms with Crippen molar-refractivity contribution in [2.45, 2.75) is 13.8 Å². The second kappa shape index (κ2) is 2.52. The Morgan fingerprint density at radius 3 is 2.83 bits per heavy atom. The first-order valence-corrected chi connectivity index (χ1v) is 4.23. The highest BCUT2D eigenvalue weighted by Crippen LogP contribution is 2.21. The maximum atomic E-state index is 4.19. The lowest BCUT2D eigenvalue weighted by Gasteiger charge is -2.00. The van der Waals surface area contributed by atoms with Crippen LogP contribution in [0.15, 0.2) is 18.3 Å². The van der Waals surface area contributed by atoms with E-state index in [9.17, 15) is 0 Å². The van der Waals surface area contributed by atoms with Crippen LogP contribution in [-0.4, -0.2) is 9.19 Å². The van der Waals surface area contributed by atoms with Gasteiger partial charge >= 0.3 is 0 Å². The zero-order valence-corrected chi connectivity index (χ0v) is 7.97. The van der Waals surface area contributed by atoms with Gasteiger partial charge in [0.05, 0.1) is 11.7 Å². The van der Waals surface area contributed by atoms with E-state index in [2.05, 4.69) is 37.8 Å². The zero-order chi connectivity index (χ0) is 8.72. The molecule has 0 aliphatic rings. The number of thiol groups is 1. The standard InChI is InChI=1S/C9H10N2S/c1-6-3-4-9-8(7(6)2)5-10-11(9)12/h3-5,12H,1-2H3. The molecule has 0 aliphatic carbocycles. The first-order chi connectivity index (χ1) is 5.70. The number of nitrogens with zero attached hydrogens (tertiary/aromatic N) is 2. The molecule has 0 radical (unpaired) electrons. The summed E-state index contributed by atoms with van der Waals surface area (Å²) in [6.45, 7) is 4.21. The molecule has 1 aromatic heterocycles. The predicted molar refractivity (Wildman–Crippen MR) is 53.6 cm³/mol. The average Bonchev–Trinajstić information content (AvgIpc) is 2.41. The summed E-state index contributed by atoms with van der Waals surface area (Å²) in [5.41, 5.74) is 3.65. The number of aromatic nitrogens is 2. The lowest BCUT2D eigenvalue weighted by Crippen LogP contribution is -1.83. The fourth-order valence-corrected chi connectivity index (χ4v) is 1.56. The fraction of sp³-hybridized carbons (Fsp3) is 0.222. The van der Waals surface area contributed by atoms with E-state index >= 15 is 0 Å². The Morgan fingerprint density at radius 1 is 1.33 bits per heavy atom. The number of aryl methyl sites for hydroxylation is 2. The molecule has 0 saturated carbocycles. The highest BCUT2D eigenvalue weighted by molar-refractivity contribution is 7.78. The van der Waals surface area contributed by atoms with Crippen molar-refractivity contribution in [3.8, 4) is 0 Å². The lowest BCUT2D eigenvalue weighted by molar-refractivity contribution is 1.05. The molecule has 1 heterocycles. The van der Waals surface area contributed by atoms with E-state index in [1.54, 1.807) is 4.09 Å². The molecule has 0 spiro atoms. The molecule has 2 nitrogen and oxygen atoms in total. The van der Waals surface area contributed by atoms with Gasteiger partial charge in [0.2, 0.25) is 0 Å². The Hall–Kier alpha value is -0.960. The first kappa shape index (κ1) is 7.68. The summed E-state index contributed by atoms with van der Waals surface area (Å²) in [4.78, 5) is 0. The molecule has 0 bridgehead atoms. The second-order valence-corrected chi connectivity index (χ2v) is 3.35. The van der Waals surface area contributed by atoms with Crippen molar-refractivity contribution in [2.24, 2.45) is 0 Å². The number of hydrogen-bond donors (Lipinski definition) is 1. The van der Waals surface area contributed by atoms with Crippen LogP contribution >= 0.6 is 12.8 Å². The van der Waals surface area contributed by atoms with Gasteiger partial charge in [-0.25, -0.2) is 4.09 Å². The summed E-state index contributed by atoms with van der Waals surface area (Å²) < 4.78 is 1.60. The average molecular weight is 178 g/mol. The van der Waals surface area contributed by atoms with Crippen LogP contribution in [0.25, 0.3) is 10.9 Å². The minimum atomic E-state index is 1.07. The normalized spacial score (nSPS) is 10.9. The maximum absolute atomic E-state index is 4.19. The van der Waals surface area contributed by atoms with Crippen molar-refractivity contribution in [2.75, 3.05) is 0 Å². The van der Waals surface area contributed by atoms with Crippen molar-refractivity contribution in [1.29, 1.82) is 0 Å². The summed E-state index contributed by atoms with van der Waals surface area (Å²) in [5.74, 6) is 0. The van der Waals surface area contributed by atoms with Crippen molar-refractivity contribution in [3.05, 3.63) is 29.5 Å². The molecule has 0 aliphatic heterocycles. The summed E-state index contributed by atoms with van der Waals surface area (Å²) in [5, 5.41) is 5.26. The number of rotatable bonds is 0. The molecule has 3 heteroatoms. The van der Waals surface area contributed by atoms with E-state index in [0.29, 0.717) is 0 Å². The predicted octanol–water partition coefficient (Wildman–Crippen LogP) is 2.35. The molecule has 1 aromatic carbocycles. The van der Waals surface area contributed by atoms with Gasteiger partial charge < -0.3 is 0 Å². The molecule has 0 fully saturated rings. The Balaban J connectivity index is 2.93. The fourth-order valence-electron chi connectivity index (χ4n) is 1.34. The highest BCUT2D eigenvalue weighted by Gasteiger charge is 2.03. The van der Waals surface area contributed by atoms with Crippen molar-refractivity contribution in [1.82, 2.24) is 9.19 Å². The van der Waals surface area contributed by atoms with E-state index in [4.69, 9.17) is 0 Å². The Kier molecular flexibility index (Phi) is 1.61. The van der Waals surface area contributed by atoms with E-state index in [-0.39, 0.29) is 0 Å². The van der Waals surface area contributed by atoms with Crippen LogP contribution < -0.4 is 0 Å². The summed E-state index contributed by atoms with van der Waals surface area (Å²) in [6, 6.07) is 4.13. The molecular weight excluding hydrogens is 168 g/mol. The van der Waals surface area contributed by atoms with Crippen molar-refractivity contribution < 1.29 is 0 Å². The Bertz CT molecular complexity index is 431. The van der Waals surface area contributed by atoms with Gasteiger partial charge in [0.15, 0.2) is 0 Å². The zero-order valence-electron chi connectivity index (χ0n) is 7.07. The van der Waals surface area contributed by atoms with Crippen LogP contribution in [0.1, 0.15) is 11.1 Å². The highest BCUT2D eigenvalue weighted by atomic mass is 32.1. The van der Waals surface area contributed by atoms with Crippen molar-refractivity contribution >= 4 is 23.7 Å². The SMILES string of the molecule is Cc1ccc2c(cnn2S)c1C. The van der Waals surface area contributed by atoms with E-state index in [1.807, 2.05) is 12.3 Å². The molecule has 2 aromatic rings. The molecular formula is C9H10N2S. The minimum Gasteiger partial charge on any atom is -0.209 e. The molecule has 2 rings (SSSR count). The van der Waals surface area contributed by atoms with Gasteiger partial charge in [-0.1, -0.05) is 6.07 Å². The van der Waals surface area contributed by atoms with Gasteiger partial charge in [-0.2, -0.15) is 5.10 Å². The van der Waals surface area contributed by atoms with Crippen LogP contribution in [0.3, 0.4) is 0 Å². The largest absolute Gasteiger partial charge is 0.209 e. The van der Waals surface area contributed by atoms with Crippen LogP contribution in [0.5, 0.6) is 0 Å². The molecule has 62 valence electrons. The van der Waals surface area contributed by atoms with Crippen LogP contribution in [0.2, 0.25) is 0 Å². The first-order valence-electron chi connectivity index (χ1n) is 3.83. The van der Waals surface area contributed by atoms with Crippen molar-refractivity contribution in [3.63, 3.8) is 0 Å². The third-order valence-corrected chi connectivity index (χ3v) is 2.59. The Labute approximate surface area is 76.7 Å². The number of fused-ring (bicyclic) bond motifs is 1. The minimum absolute atomic E-state index is 1.07. The third-order valence-electron chi connectivity index (χ3n) is 2.27. The smallest absolute Gasteiger partial charge is 0.0811 e. The molecule has 12 heavy (non-hydrogen) atoms. The Morgan fingerprint density at radius 2 is 2.08 bits per heavy atom. The third kappa shape index (κ3) is 0.932. The van der Waals surface area contributed by atoms with Crippen LogP contribution in [-0.2, 0) is 0 Å². The van der Waals surface area contributed by atoms with Gasteiger partial charge in [0, 0.05) is 5.39 Å².